The zero-order chi connectivity index (χ0) is 27.6. The summed E-state index contributed by atoms with van der Waals surface area (Å²) in [6.07, 6.45) is -3.17. The summed E-state index contributed by atoms with van der Waals surface area (Å²) < 4.78 is 41.6. The predicted octanol–water partition coefficient (Wildman–Crippen LogP) is 5.17. The molecule has 0 atom stereocenters. The summed E-state index contributed by atoms with van der Waals surface area (Å²) >= 11 is 7.78. The summed E-state index contributed by atoms with van der Waals surface area (Å²) in [5, 5.41) is 10.1. The Morgan fingerprint density at radius 1 is 1.03 bits per heavy atom. The Labute approximate surface area is 230 Å². The van der Waals surface area contributed by atoms with Crippen LogP contribution in [0, 0.1) is 0 Å². The van der Waals surface area contributed by atoms with Gasteiger partial charge in [-0.25, -0.2) is 14.5 Å². The van der Waals surface area contributed by atoms with Crippen LogP contribution in [0.15, 0.2) is 60.8 Å². The molecule has 0 aliphatic carbocycles. The molecule has 0 saturated heterocycles. The molecule has 202 valence electrons. The third-order valence-corrected chi connectivity index (χ3v) is 7.50. The van der Waals surface area contributed by atoms with Crippen molar-refractivity contribution in [2.24, 2.45) is 0 Å². The fourth-order valence-electron chi connectivity index (χ4n) is 4.13. The smallest absolute Gasteiger partial charge is 0.350 e. The van der Waals surface area contributed by atoms with Crippen LogP contribution in [0.2, 0.25) is 5.02 Å². The number of carbonyl (C=O) groups is 2. The van der Waals surface area contributed by atoms with Crippen LogP contribution in [0.1, 0.15) is 26.6 Å². The average molecular weight is 575 g/mol. The first-order valence-corrected chi connectivity index (χ1v) is 13.2. The van der Waals surface area contributed by atoms with E-state index >= 15 is 0 Å². The fraction of sp³-hybridized carbons (Fsp3) is 0.231. The third-order valence-electron chi connectivity index (χ3n) is 6.06. The average Bonchev–Trinajstić information content (AvgIpc) is 3.56. The van der Waals surface area contributed by atoms with E-state index in [1.165, 1.54) is 11.3 Å². The number of carbonyl (C=O) groups excluding carboxylic acids is 2. The molecular formula is C26H22ClF3N6O2S. The molecule has 5 rings (SSSR count). The van der Waals surface area contributed by atoms with E-state index in [-0.39, 0.29) is 19.1 Å². The lowest BCUT2D eigenvalue weighted by Crippen LogP contribution is -2.44. The van der Waals surface area contributed by atoms with E-state index in [0.717, 1.165) is 32.0 Å². The third kappa shape index (κ3) is 5.91. The number of fused-ring (bicyclic) bond motifs is 1. The summed E-state index contributed by atoms with van der Waals surface area (Å²) in [7, 11) is 0. The standard InChI is InChI=1S/C26H22ClF3N6O2S/c27-19-9-5-4-8-17(19)24-33-20-10-13-35(15-21(20)39-24)25(38)32-12-11-31-23(37)18-14-36(16-6-2-1-3-7-16)34-22(18)26(28,29)30/h1-9,14H,10-13,15H2,(H,31,37)(H,32,38). The van der Waals surface area contributed by atoms with E-state index in [4.69, 9.17) is 11.6 Å². The maximum absolute atomic E-state index is 13.5. The number of amides is 3. The molecule has 2 aromatic heterocycles. The number of thiazole rings is 1. The number of halogens is 4. The molecule has 3 amide bonds. The molecule has 8 nitrogen and oxygen atoms in total. The molecule has 0 bridgehead atoms. The molecule has 3 heterocycles. The van der Waals surface area contributed by atoms with Crippen LogP contribution in [0.25, 0.3) is 16.3 Å². The van der Waals surface area contributed by atoms with Crippen molar-refractivity contribution in [3.8, 4) is 16.3 Å². The molecule has 0 radical (unpaired) electrons. The summed E-state index contributed by atoms with van der Waals surface area (Å²) in [4.78, 5) is 32.6. The minimum Gasteiger partial charge on any atom is -0.350 e. The van der Waals surface area contributed by atoms with E-state index in [9.17, 15) is 22.8 Å². The SMILES string of the molecule is O=C(NCCNC(=O)N1CCc2nc(-c3ccccc3Cl)sc2C1)c1cn(-c2ccccc2)nc1C(F)(F)F. The van der Waals surface area contributed by atoms with Gasteiger partial charge in [0.2, 0.25) is 0 Å². The molecule has 0 saturated carbocycles. The maximum Gasteiger partial charge on any atom is 0.435 e. The van der Waals surface area contributed by atoms with Gasteiger partial charge in [-0.2, -0.15) is 18.3 Å². The number of urea groups is 1. The largest absolute Gasteiger partial charge is 0.435 e. The van der Waals surface area contributed by atoms with Gasteiger partial charge in [-0.15, -0.1) is 11.3 Å². The normalized spacial score (nSPS) is 13.2. The lowest BCUT2D eigenvalue weighted by Gasteiger charge is -2.26. The van der Waals surface area contributed by atoms with Gasteiger partial charge in [-0.05, 0) is 18.2 Å². The Morgan fingerprint density at radius 2 is 1.74 bits per heavy atom. The number of alkyl halides is 3. The zero-order valence-corrected chi connectivity index (χ0v) is 21.9. The maximum atomic E-state index is 13.5. The molecule has 0 spiro atoms. The second-order valence-electron chi connectivity index (χ2n) is 8.70. The predicted molar refractivity (Wildman–Crippen MR) is 141 cm³/mol. The number of benzene rings is 2. The van der Waals surface area contributed by atoms with Crippen LogP contribution in [0.3, 0.4) is 0 Å². The summed E-state index contributed by atoms with van der Waals surface area (Å²) in [5.74, 6) is -0.932. The number of hydrogen-bond acceptors (Lipinski definition) is 5. The number of para-hydroxylation sites is 1. The first-order valence-electron chi connectivity index (χ1n) is 12.0. The molecule has 39 heavy (non-hydrogen) atoms. The van der Waals surface area contributed by atoms with Gasteiger partial charge in [0.1, 0.15) is 5.01 Å². The van der Waals surface area contributed by atoms with Crippen molar-refractivity contribution in [1.29, 1.82) is 0 Å². The monoisotopic (exact) mass is 574 g/mol. The number of aromatic nitrogens is 3. The summed E-state index contributed by atoms with van der Waals surface area (Å²) in [6, 6.07) is 15.3. The molecule has 2 aromatic carbocycles. The highest BCUT2D eigenvalue weighted by molar-refractivity contribution is 7.15. The van der Waals surface area contributed by atoms with Crippen molar-refractivity contribution in [1.82, 2.24) is 30.3 Å². The van der Waals surface area contributed by atoms with Crippen molar-refractivity contribution in [3.63, 3.8) is 0 Å². The van der Waals surface area contributed by atoms with Gasteiger partial charge >= 0.3 is 12.2 Å². The lowest BCUT2D eigenvalue weighted by molar-refractivity contribution is -0.141. The van der Waals surface area contributed by atoms with Crippen LogP contribution in [-0.2, 0) is 19.1 Å². The van der Waals surface area contributed by atoms with Gasteiger partial charge in [0.25, 0.3) is 5.91 Å². The Bertz CT molecular complexity index is 1510. The quantitative estimate of drug-likeness (QED) is 0.311. The van der Waals surface area contributed by atoms with Gasteiger partial charge in [-0.1, -0.05) is 48.0 Å². The number of nitrogens with one attached hydrogen (secondary N) is 2. The van der Waals surface area contributed by atoms with Crippen molar-refractivity contribution in [2.75, 3.05) is 19.6 Å². The summed E-state index contributed by atoms with van der Waals surface area (Å²) in [6.45, 7) is 0.818. The van der Waals surface area contributed by atoms with Crippen molar-refractivity contribution < 1.29 is 22.8 Å². The molecule has 13 heteroatoms. The van der Waals surface area contributed by atoms with Crippen LogP contribution in [0.4, 0.5) is 18.0 Å². The van der Waals surface area contributed by atoms with Crippen molar-refractivity contribution in [2.45, 2.75) is 19.1 Å². The van der Waals surface area contributed by atoms with Gasteiger partial charge in [-0.3, -0.25) is 4.79 Å². The lowest BCUT2D eigenvalue weighted by atomic mass is 10.2. The molecule has 2 N–H and O–H groups in total. The first kappa shape index (κ1) is 26.7. The first-order chi connectivity index (χ1) is 18.7. The molecular weight excluding hydrogens is 553 g/mol. The Kier molecular flexibility index (Phi) is 7.58. The van der Waals surface area contributed by atoms with Gasteiger partial charge in [0.05, 0.1) is 28.5 Å². The number of rotatable bonds is 6. The van der Waals surface area contributed by atoms with Gasteiger partial charge in [0.15, 0.2) is 5.69 Å². The topological polar surface area (TPSA) is 92.2 Å². The highest BCUT2D eigenvalue weighted by Gasteiger charge is 2.39. The Morgan fingerprint density at radius 3 is 2.49 bits per heavy atom. The Hall–Kier alpha value is -3.90. The van der Waals surface area contributed by atoms with Crippen molar-refractivity contribution in [3.05, 3.63) is 87.6 Å². The summed E-state index contributed by atoms with van der Waals surface area (Å²) in [5.41, 5.74) is 0.286. The van der Waals surface area contributed by atoms with E-state index in [1.807, 2.05) is 18.2 Å². The highest BCUT2D eigenvalue weighted by atomic mass is 35.5. The minimum atomic E-state index is -4.81. The van der Waals surface area contributed by atoms with E-state index in [2.05, 4.69) is 20.7 Å². The van der Waals surface area contributed by atoms with Crippen LogP contribution in [0.5, 0.6) is 0 Å². The Balaban J connectivity index is 1.16. The van der Waals surface area contributed by atoms with Crippen LogP contribution in [-0.4, -0.2) is 51.2 Å². The molecule has 4 aromatic rings. The van der Waals surface area contributed by atoms with Gasteiger partial charge in [0, 0.05) is 42.7 Å². The molecule has 0 unspecified atom stereocenters. The van der Waals surface area contributed by atoms with E-state index < -0.39 is 23.3 Å². The highest BCUT2D eigenvalue weighted by Crippen LogP contribution is 2.35. The minimum absolute atomic E-state index is 0.0374. The second-order valence-corrected chi connectivity index (χ2v) is 10.2. The van der Waals surface area contributed by atoms with Crippen molar-refractivity contribution >= 4 is 34.9 Å². The molecule has 1 aliphatic heterocycles. The van der Waals surface area contributed by atoms with E-state index in [0.29, 0.717) is 30.2 Å². The van der Waals surface area contributed by atoms with Crippen LogP contribution >= 0.6 is 22.9 Å². The van der Waals surface area contributed by atoms with Crippen LogP contribution < -0.4 is 10.6 Å². The second kappa shape index (κ2) is 11.1. The number of nitrogens with zero attached hydrogens (tertiary/aromatic N) is 4. The van der Waals surface area contributed by atoms with E-state index in [1.54, 1.807) is 41.3 Å². The molecule has 0 fully saturated rings. The van der Waals surface area contributed by atoms with Gasteiger partial charge < -0.3 is 15.5 Å². The zero-order valence-electron chi connectivity index (χ0n) is 20.3. The fourth-order valence-corrected chi connectivity index (χ4v) is 5.58. The molecule has 1 aliphatic rings. The number of hydrogen-bond donors (Lipinski definition) is 2.